The van der Waals surface area contributed by atoms with E-state index in [0.717, 1.165) is 41.5 Å². The highest BCUT2D eigenvalue weighted by Crippen LogP contribution is 2.33. The lowest BCUT2D eigenvalue weighted by molar-refractivity contribution is 0.0999. The molecular formula is C17H19N3OS2. The van der Waals surface area contributed by atoms with Crippen molar-refractivity contribution in [3.63, 3.8) is 0 Å². The van der Waals surface area contributed by atoms with E-state index < -0.39 is 0 Å². The fourth-order valence-corrected chi connectivity index (χ4v) is 4.24. The molecule has 2 N–H and O–H groups in total. The van der Waals surface area contributed by atoms with Crippen LogP contribution in [0.4, 0.5) is 0 Å². The first-order valence-corrected chi connectivity index (χ1v) is 9.37. The smallest absolute Gasteiger partial charge is 0.250 e. The minimum absolute atomic E-state index is 0.382. The lowest BCUT2D eigenvalue weighted by Gasteiger charge is -2.09. The predicted molar refractivity (Wildman–Crippen MR) is 97.0 cm³/mol. The highest BCUT2D eigenvalue weighted by Gasteiger charge is 2.18. The predicted octanol–water partition coefficient (Wildman–Crippen LogP) is 4.55. The number of thiazole rings is 1. The highest BCUT2D eigenvalue weighted by atomic mass is 32.1. The lowest BCUT2D eigenvalue weighted by atomic mass is 10.2. The summed E-state index contributed by atoms with van der Waals surface area (Å²) >= 11 is 3.31. The largest absolute Gasteiger partial charge is 0.366 e. The van der Waals surface area contributed by atoms with Gasteiger partial charge in [-0.3, -0.25) is 4.79 Å². The molecule has 0 fully saturated rings. The SMILES string of the molecule is CCCCn1c(-c2csc(-c3cccs3)n2)cc(C(N)=O)c1C. The van der Waals surface area contributed by atoms with Crippen molar-refractivity contribution in [1.29, 1.82) is 0 Å². The molecule has 3 aromatic heterocycles. The Morgan fingerprint density at radius 3 is 2.87 bits per heavy atom. The average molecular weight is 345 g/mol. The summed E-state index contributed by atoms with van der Waals surface area (Å²) in [6.07, 6.45) is 2.16. The summed E-state index contributed by atoms with van der Waals surface area (Å²) in [6, 6.07) is 5.98. The first kappa shape index (κ1) is 16.0. The second-order valence-corrected chi connectivity index (χ2v) is 7.22. The molecule has 0 spiro atoms. The second-order valence-electron chi connectivity index (χ2n) is 5.41. The van der Waals surface area contributed by atoms with Crippen LogP contribution in [0.1, 0.15) is 35.8 Å². The van der Waals surface area contributed by atoms with E-state index in [2.05, 4.69) is 28.3 Å². The van der Waals surface area contributed by atoms with E-state index in [1.54, 1.807) is 22.7 Å². The quantitative estimate of drug-likeness (QED) is 0.712. The summed E-state index contributed by atoms with van der Waals surface area (Å²) in [5.41, 5.74) is 8.91. The van der Waals surface area contributed by atoms with Crippen LogP contribution in [0.15, 0.2) is 29.0 Å². The van der Waals surface area contributed by atoms with Gasteiger partial charge in [-0.15, -0.1) is 22.7 Å². The van der Waals surface area contributed by atoms with E-state index >= 15 is 0 Å². The number of amides is 1. The zero-order valence-corrected chi connectivity index (χ0v) is 14.8. The van der Waals surface area contributed by atoms with Crippen molar-refractivity contribution in [3.05, 3.63) is 40.2 Å². The molecule has 0 aliphatic carbocycles. The van der Waals surface area contributed by atoms with Gasteiger partial charge in [0.25, 0.3) is 5.91 Å². The van der Waals surface area contributed by atoms with Crippen LogP contribution in [-0.4, -0.2) is 15.5 Å². The van der Waals surface area contributed by atoms with Crippen molar-refractivity contribution in [2.75, 3.05) is 0 Å². The van der Waals surface area contributed by atoms with Crippen molar-refractivity contribution in [3.8, 4) is 21.3 Å². The maximum Gasteiger partial charge on any atom is 0.250 e. The van der Waals surface area contributed by atoms with Gasteiger partial charge in [-0.05, 0) is 30.9 Å². The van der Waals surface area contributed by atoms with Crippen LogP contribution in [0.3, 0.4) is 0 Å². The number of carbonyl (C=O) groups is 1. The molecule has 4 nitrogen and oxygen atoms in total. The number of thiophene rings is 1. The second kappa shape index (κ2) is 6.68. The first-order valence-electron chi connectivity index (χ1n) is 7.61. The number of hydrogen-bond acceptors (Lipinski definition) is 4. The van der Waals surface area contributed by atoms with Crippen molar-refractivity contribution in [2.45, 2.75) is 33.2 Å². The number of primary amides is 1. The summed E-state index contributed by atoms with van der Waals surface area (Å²) < 4.78 is 2.16. The van der Waals surface area contributed by atoms with Crippen LogP contribution in [0.5, 0.6) is 0 Å². The van der Waals surface area contributed by atoms with Crippen LogP contribution < -0.4 is 5.73 Å². The Labute approximate surface area is 143 Å². The average Bonchev–Trinajstić information content (AvgIpc) is 3.24. The third-order valence-electron chi connectivity index (χ3n) is 3.87. The Hall–Kier alpha value is -1.92. The summed E-state index contributed by atoms with van der Waals surface area (Å²) in [7, 11) is 0. The van der Waals surface area contributed by atoms with Gasteiger partial charge < -0.3 is 10.3 Å². The summed E-state index contributed by atoms with van der Waals surface area (Å²) in [5, 5.41) is 5.11. The van der Waals surface area contributed by atoms with E-state index in [1.807, 2.05) is 19.1 Å². The molecular weight excluding hydrogens is 326 g/mol. The fraction of sp³-hybridized carbons (Fsp3) is 0.294. The molecule has 0 atom stereocenters. The van der Waals surface area contributed by atoms with Crippen LogP contribution >= 0.6 is 22.7 Å². The van der Waals surface area contributed by atoms with Gasteiger partial charge >= 0.3 is 0 Å². The number of hydrogen-bond donors (Lipinski definition) is 1. The summed E-state index contributed by atoms with van der Waals surface area (Å²) in [6.45, 7) is 4.98. The van der Waals surface area contributed by atoms with Crippen LogP contribution in [0.25, 0.3) is 21.3 Å². The van der Waals surface area contributed by atoms with E-state index in [1.165, 1.54) is 4.88 Å². The van der Waals surface area contributed by atoms with Gasteiger partial charge in [0.15, 0.2) is 0 Å². The van der Waals surface area contributed by atoms with Crippen molar-refractivity contribution < 1.29 is 4.79 Å². The Balaban J connectivity index is 2.04. The number of rotatable bonds is 6. The highest BCUT2D eigenvalue weighted by molar-refractivity contribution is 7.20. The fourth-order valence-electron chi connectivity index (χ4n) is 2.62. The lowest BCUT2D eigenvalue weighted by Crippen LogP contribution is -2.12. The first-order chi connectivity index (χ1) is 11.1. The van der Waals surface area contributed by atoms with E-state index in [4.69, 9.17) is 10.7 Å². The number of carbonyl (C=O) groups excluding carboxylic acids is 1. The Kier molecular flexibility index (Phi) is 4.63. The van der Waals surface area contributed by atoms with E-state index in [-0.39, 0.29) is 5.91 Å². The van der Waals surface area contributed by atoms with Crippen LogP contribution in [0.2, 0.25) is 0 Å². The molecule has 23 heavy (non-hydrogen) atoms. The molecule has 6 heteroatoms. The number of nitrogens with two attached hydrogens (primary N) is 1. The third-order valence-corrected chi connectivity index (χ3v) is 5.75. The van der Waals surface area contributed by atoms with Gasteiger partial charge in [0.05, 0.1) is 21.8 Å². The summed E-state index contributed by atoms with van der Waals surface area (Å²) in [4.78, 5) is 17.6. The molecule has 3 heterocycles. The van der Waals surface area contributed by atoms with Gasteiger partial charge in [-0.2, -0.15) is 0 Å². The molecule has 0 radical (unpaired) electrons. The standard InChI is InChI=1S/C17H19N3OS2/c1-3-4-7-20-11(2)12(16(18)21)9-14(20)13-10-23-17(19-13)15-6-5-8-22-15/h5-6,8-10H,3-4,7H2,1-2H3,(H2,18,21). The maximum absolute atomic E-state index is 11.7. The Bertz CT molecular complexity index is 815. The van der Waals surface area contributed by atoms with E-state index in [9.17, 15) is 4.79 Å². The number of unbranched alkanes of at least 4 members (excludes halogenated alkanes) is 1. The molecule has 1 amide bonds. The molecule has 0 unspecified atom stereocenters. The van der Waals surface area contributed by atoms with E-state index in [0.29, 0.717) is 5.56 Å². The van der Waals surface area contributed by atoms with Gasteiger partial charge in [-0.25, -0.2) is 4.98 Å². The van der Waals surface area contributed by atoms with Crippen molar-refractivity contribution >= 4 is 28.6 Å². The molecule has 0 aliphatic rings. The van der Waals surface area contributed by atoms with Gasteiger partial charge in [0, 0.05) is 17.6 Å². The van der Waals surface area contributed by atoms with Gasteiger partial charge in [0.2, 0.25) is 0 Å². The van der Waals surface area contributed by atoms with Gasteiger partial charge in [-0.1, -0.05) is 19.4 Å². The van der Waals surface area contributed by atoms with Crippen LogP contribution in [-0.2, 0) is 6.54 Å². The monoisotopic (exact) mass is 345 g/mol. The molecule has 0 saturated heterocycles. The Morgan fingerprint density at radius 2 is 2.22 bits per heavy atom. The number of aromatic nitrogens is 2. The number of nitrogens with zero attached hydrogens (tertiary/aromatic N) is 2. The maximum atomic E-state index is 11.7. The molecule has 0 saturated carbocycles. The molecule has 120 valence electrons. The topological polar surface area (TPSA) is 60.9 Å². The van der Waals surface area contributed by atoms with Crippen molar-refractivity contribution in [2.24, 2.45) is 5.73 Å². The zero-order chi connectivity index (χ0) is 16.4. The van der Waals surface area contributed by atoms with Gasteiger partial charge in [0.1, 0.15) is 5.01 Å². The van der Waals surface area contributed by atoms with Crippen LogP contribution in [0, 0.1) is 6.92 Å². The summed E-state index contributed by atoms with van der Waals surface area (Å²) in [5.74, 6) is -0.382. The Morgan fingerprint density at radius 1 is 1.39 bits per heavy atom. The minimum atomic E-state index is -0.382. The molecule has 0 aromatic carbocycles. The molecule has 3 aromatic rings. The minimum Gasteiger partial charge on any atom is -0.366 e. The molecule has 3 rings (SSSR count). The zero-order valence-electron chi connectivity index (χ0n) is 13.2. The third kappa shape index (κ3) is 3.09. The van der Waals surface area contributed by atoms with Crippen molar-refractivity contribution in [1.82, 2.24) is 9.55 Å². The molecule has 0 bridgehead atoms. The molecule has 0 aliphatic heterocycles. The normalized spacial score (nSPS) is 11.0.